The van der Waals surface area contributed by atoms with Gasteiger partial charge in [0.15, 0.2) is 0 Å². The van der Waals surface area contributed by atoms with E-state index in [0.29, 0.717) is 0 Å². The van der Waals surface area contributed by atoms with Crippen molar-refractivity contribution in [1.29, 1.82) is 0 Å². The van der Waals surface area contributed by atoms with Gasteiger partial charge in [-0.05, 0) is 56.9 Å². The Kier molecular flexibility index (Phi) is 5.53. The lowest BCUT2D eigenvalue weighted by Gasteiger charge is -2.24. The summed E-state index contributed by atoms with van der Waals surface area (Å²) in [4.78, 5) is 2.64. The second-order valence-corrected chi connectivity index (χ2v) is 5.41. The van der Waals surface area contributed by atoms with Crippen LogP contribution in [0.4, 0.5) is 5.69 Å². The van der Waals surface area contributed by atoms with Crippen LogP contribution in [0.25, 0.3) is 0 Å². The Labute approximate surface area is 111 Å². The number of hydrogen-bond donors (Lipinski definition) is 1. The minimum absolute atomic E-state index is 0.949. The fourth-order valence-corrected chi connectivity index (χ4v) is 2.79. The van der Waals surface area contributed by atoms with E-state index in [1.165, 1.54) is 63.7 Å². The van der Waals surface area contributed by atoms with Crippen LogP contribution in [0.5, 0.6) is 0 Å². The monoisotopic (exact) mass is 246 g/mol. The van der Waals surface area contributed by atoms with E-state index in [0.717, 1.165) is 12.1 Å². The minimum Gasteiger partial charge on any atom is -0.399 e. The first kappa shape index (κ1) is 13.4. The molecular formula is C16H26N2. The van der Waals surface area contributed by atoms with Gasteiger partial charge in [-0.1, -0.05) is 37.5 Å². The predicted octanol–water partition coefficient (Wildman–Crippen LogP) is 3.47. The van der Waals surface area contributed by atoms with Crippen LogP contribution in [0.1, 0.15) is 44.1 Å². The number of nitrogens with two attached hydrogens (primary N) is 1. The first-order valence-corrected chi connectivity index (χ1v) is 7.42. The van der Waals surface area contributed by atoms with Crippen molar-refractivity contribution >= 4 is 5.69 Å². The maximum absolute atomic E-state index is 5.97. The lowest BCUT2D eigenvalue weighted by Crippen LogP contribution is -2.28. The molecular weight excluding hydrogens is 220 g/mol. The predicted molar refractivity (Wildman–Crippen MR) is 78.7 cm³/mol. The topological polar surface area (TPSA) is 29.3 Å². The molecule has 100 valence electrons. The van der Waals surface area contributed by atoms with Gasteiger partial charge in [0.25, 0.3) is 0 Å². The molecule has 1 aliphatic rings. The third-order valence-electron chi connectivity index (χ3n) is 3.92. The van der Waals surface area contributed by atoms with E-state index in [2.05, 4.69) is 17.0 Å². The Balaban J connectivity index is 1.72. The molecule has 2 nitrogen and oxygen atoms in total. The molecule has 0 aromatic heterocycles. The highest BCUT2D eigenvalue weighted by Gasteiger charge is 2.07. The van der Waals surface area contributed by atoms with Crippen molar-refractivity contribution in [3.05, 3.63) is 29.8 Å². The second kappa shape index (κ2) is 7.42. The first-order valence-electron chi connectivity index (χ1n) is 7.42. The molecule has 1 saturated heterocycles. The summed E-state index contributed by atoms with van der Waals surface area (Å²) in [6.07, 6.45) is 9.39. The highest BCUT2D eigenvalue weighted by Crippen LogP contribution is 2.14. The van der Waals surface area contributed by atoms with Gasteiger partial charge in [-0.15, -0.1) is 0 Å². The van der Waals surface area contributed by atoms with Crippen LogP contribution in [0, 0.1) is 0 Å². The zero-order chi connectivity index (χ0) is 12.6. The molecule has 1 fully saturated rings. The molecule has 1 aromatic carbocycles. The Morgan fingerprint density at radius 3 is 2.33 bits per heavy atom. The number of aryl methyl sites for hydroxylation is 1. The van der Waals surface area contributed by atoms with Crippen LogP contribution in [-0.4, -0.2) is 24.5 Å². The van der Waals surface area contributed by atoms with Crippen molar-refractivity contribution in [2.75, 3.05) is 25.4 Å². The van der Waals surface area contributed by atoms with Gasteiger partial charge < -0.3 is 10.6 Å². The summed E-state index contributed by atoms with van der Waals surface area (Å²) >= 11 is 0. The van der Waals surface area contributed by atoms with Crippen LogP contribution >= 0.6 is 0 Å². The van der Waals surface area contributed by atoms with Crippen LogP contribution in [0.2, 0.25) is 0 Å². The van der Waals surface area contributed by atoms with Crippen LogP contribution < -0.4 is 5.73 Å². The fraction of sp³-hybridized carbons (Fsp3) is 0.625. The van der Waals surface area contributed by atoms with Gasteiger partial charge in [-0.3, -0.25) is 0 Å². The summed E-state index contributed by atoms with van der Waals surface area (Å²) in [5.74, 6) is 0. The van der Waals surface area contributed by atoms with Gasteiger partial charge in [0.1, 0.15) is 0 Å². The molecule has 2 rings (SSSR count). The van der Waals surface area contributed by atoms with Gasteiger partial charge in [0, 0.05) is 5.69 Å². The molecule has 2 N–H and O–H groups in total. The summed E-state index contributed by atoms with van der Waals surface area (Å²) in [5.41, 5.74) is 8.23. The number of hydrogen-bond acceptors (Lipinski definition) is 2. The number of para-hydroxylation sites is 1. The quantitative estimate of drug-likeness (QED) is 0.824. The second-order valence-electron chi connectivity index (χ2n) is 5.41. The lowest BCUT2D eigenvalue weighted by molar-refractivity contribution is 0.245. The standard InChI is InChI=1S/C16H26N2/c17-16-11-5-4-9-15(16)10-8-14-18-12-6-2-1-3-7-13-18/h4-5,9,11H,1-3,6-8,10,12-14,17H2. The molecule has 1 aromatic rings. The highest BCUT2D eigenvalue weighted by molar-refractivity contribution is 5.46. The highest BCUT2D eigenvalue weighted by atomic mass is 15.1. The summed E-state index contributed by atoms with van der Waals surface area (Å²) in [7, 11) is 0. The minimum atomic E-state index is 0.949. The van der Waals surface area contributed by atoms with Crippen LogP contribution in [0.15, 0.2) is 24.3 Å². The number of rotatable bonds is 4. The van der Waals surface area contributed by atoms with E-state index in [1.54, 1.807) is 0 Å². The Hall–Kier alpha value is -1.02. The van der Waals surface area contributed by atoms with E-state index in [1.807, 2.05) is 12.1 Å². The average Bonchev–Trinajstić information content (AvgIpc) is 2.34. The van der Waals surface area contributed by atoms with Crippen molar-refractivity contribution in [3.63, 3.8) is 0 Å². The smallest absolute Gasteiger partial charge is 0.0346 e. The first-order chi connectivity index (χ1) is 8.86. The van der Waals surface area contributed by atoms with E-state index < -0.39 is 0 Å². The molecule has 18 heavy (non-hydrogen) atoms. The Morgan fingerprint density at radius 2 is 1.61 bits per heavy atom. The Bertz CT molecular complexity index is 341. The van der Waals surface area contributed by atoms with Crippen molar-refractivity contribution < 1.29 is 0 Å². The van der Waals surface area contributed by atoms with E-state index in [-0.39, 0.29) is 0 Å². The molecule has 0 spiro atoms. The normalized spacial score (nSPS) is 18.2. The van der Waals surface area contributed by atoms with E-state index in [9.17, 15) is 0 Å². The van der Waals surface area contributed by atoms with Crippen LogP contribution in [-0.2, 0) is 6.42 Å². The molecule has 0 saturated carbocycles. The van der Waals surface area contributed by atoms with Crippen molar-refractivity contribution in [2.45, 2.75) is 44.9 Å². The number of benzene rings is 1. The zero-order valence-corrected chi connectivity index (χ0v) is 11.4. The number of nitrogens with zero attached hydrogens (tertiary/aromatic N) is 1. The number of anilines is 1. The maximum atomic E-state index is 5.97. The summed E-state index contributed by atoms with van der Waals surface area (Å²) in [6.45, 7) is 3.82. The van der Waals surface area contributed by atoms with Crippen molar-refractivity contribution in [2.24, 2.45) is 0 Å². The van der Waals surface area contributed by atoms with Gasteiger partial charge in [0.2, 0.25) is 0 Å². The molecule has 1 heterocycles. The van der Waals surface area contributed by atoms with E-state index >= 15 is 0 Å². The Morgan fingerprint density at radius 1 is 0.944 bits per heavy atom. The average molecular weight is 246 g/mol. The lowest BCUT2D eigenvalue weighted by atomic mass is 10.1. The maximum Gasteiger partial charge on any atom is 0.0346 e. The van der Waals surface area contributed by atoms with Gasteiger partial charge in [-0.2, -0.15) is 0 Å². The molecule has 0 radical (unpaired) electrons. The van der Waals surface area contributed by atoms with Gasteiger partial charge >= 0.3 is 0 Å². The zero-order valence-electron chi connectivity index (χ0n) is 11.4. The molecule has 0 atom stereocenters. The SMILES string of the molecule is Nc1ccccc1CCCN1CCCCCCC1. The molecule has 1 aliphatic heterocycles. The number of nitrogen functional groups attached to an aromatic ring is 1. The summed E-state index contributed by atoms with van der Waals surface area (Å²) in [6, 6.07) is 8.26. The van der Waals surface area contributed by atoms with E-state index in [4.69, 9.17) is 5.73 Å². The third-order valence-corrected chi connectivity index (χ3v) is 3.92. The van der Waals surface area contributed by atoms with Crippen molar-refractivity contribution in [1.82, 2.24) is 4.90 Å². The largest absolute Gasteiger partial charge is 0.399 e. The molecule has 0 unspecified atom stereocenters. The van der Waals surface area contributed by atoms with Crippen LogP contribution in [0.3, 0.4) is 0 Å². The van der Waals surface area contributed by atoms with Gasteiger partial charge in [0.05, 0.1) is 0 Å². The van der Waals surface area contributed by atoms with Gasteiger partial charge in [-0.25, -0.2) is 0 Å². The summed E-state index contributed by atoms with van der Waals surface area (Å²) in [5, 5.41) is 0. The summed E-state index contributed by atoms with van der Waals surface area (Å²) < 4.78 is 0. The third kappa shape index (κ3) is 4.34. The molecule has 2 heteroatoms. The van der Waals surface area contributed by atoms with Crippen molar-refractivity contribution in [3.8, 4) is 0 Å². The molecule has 0 bridgehead atoms. The number of likely N-dealkylation sites (tertiary alicyclic amines) is 1. The molecule has 0 aliphatic carbocycles. The molecule has 0 amide bonds. The fourth-order valence-electron chi connectivity index (χ4n) is 2.79.